The lowest BCUT2D eigenvalue weighted by atomic mass is 10.1. The van der Waals surface area contributed by atoms with Gasteiger partial charge in [-0.2, -0.15) is 0 Å². The second-order valence-electron chi connectivity index (χ2n) is 2.97. The summed E-state index contributed by atoms with van der Waals surface area (Å²) in [5.74, 6) is 0.167. The van der Waals surface area contributed by atoms with Gasteiger partial charge in [0.05, 0.1) is 4.83 Å². The zero-order chi connectivity index (χ0) is 10.6. The predicted octanol–water partition coefficient (Wildman–Crippen LogP) is 3.76. The summed E-state index contributed by atoms with van der Waals surface area (Å²) < 4.78 is 0. The van der Waals surface area contributed by atoms with E-state index in [9.17, 15) is 4.79 Å². The van der Waals surface area contributed by atoms with Crippen molar-refractivity contribution in [3.8, 4) is 0 Å². The maximum absolute atomic E-state index is 11.7. The number of rotatable bonds is 4. The summed E-state index contributed by atoms with van der Waals surface area (Å²) in [7, 11) is 0. The molecule has 1 aromatic carbocycles. The lowest BCUT2D eigenvalue weighted by Gasteiger charge is -2.05. The highest BCUT2D eigenvalue weighted by molar-refractivity contribution is 9.10. The van der Waals surface area contributed by atoms with Crippen molar-refractivity contribution < 1.29 is 4.79 Å². The molecule has 1 unspecified atom stereocenters. The van der Waals surface area contributed by atoms with Gasteiger partial charge in [0.2, 0.25) is 0 Å². The van der Waals surface area contributed by atoms with Crippen LogP contribution < -0.4 is 0 Å². The average Bonchev–Trinajstić information content (AvgIpc) is 2.27. The van der Waals surface area contributed by atoms with Crippen LogP contribution in [0.25, 0.3) is 0 Å². The van der Waals surface area contributed by atoms with Gasteiger partial charge in [0.25, 0.3) is 0 Å². The summed E-state index contributed by atoms with van der Waals surface area (Å²) in [6, 6.07) is 7.73. The molecule has 0 saturated heterocycles. The standard InChI is InChI=1S/C11H13BrOS/c1-3-10(12)11(13)8-4-6-9(14-2)7-5-8/h4-7,10H,3H2,1-2H3. The number of hydrogen-bond donors (Lipinski definition) is 0. The Morgan fingerprint density at radius 1 is 1.43 bits per heavy atom. The number of halogens is 1. The molecule has 0 fully saturated rings. The van der Waals surface area contributed by atoms with Gasteiger partial charge < -0.3 is 0 Å². The van der Waals surface area contributed by atoms with Crippen molar-refractivity contribution in [3.05, 3.63) is 29.8 Å². The molecule has 0 heterocycles. The maximum Gasteiger partial charge on any atom is 0.176 e. The molecule has 1 atom stereocenters. The monoisotopic (exact) mass is 272 g/mol. The molecular formula is C11H13BrOS. The summed E-state index contributed by atoms with van der Waals surface area (Å²) in [5.41, 5.74) is 0.784. The Kier molecular flexibility index (Phi) is 4.69. The lowest BCUT2D eigenvalue weighted by Crippen LogP contribution is -2.12. The van der Waals surface area contributed by atoms with E-state index in [4.69, 9.17) is 0 Å². The van der Waals surface area contributed by atoms with Crippen LogP contribution in [0.1, 0.15) is 23.7 Å². The van der Waals surface area contributed by atoms with Crippen LogP contribution in [-0.4, -0.2) is 16.9 Å². The molecule has 0 aliphatic carbocycles. The van der Waals surface area contributed by atoms with E-state index in [0.717, 1.165) is 12.0 Å². The minimum absolute atomic E-state index is 0.0531. The van der Waals surface area contributed by atoms with Gasteiger partial charge in [-0.05, 0) is 24.8 Å². The molecule has 76 valence electrons. The number of benzene rings is 1. The zero-order valence-corrected chi connectivity index (χ0v) is 10.7. The normalized spacial score (nSPS) is 12.5. The number of hydrogen-bond acceptors (Lipinski definition) is 2. The van der Waals surface area contributed by atoms with Gasteiger partial charge in [0.15, 0.2) is 5.78 Å². The molecule has 0 aromatic heterocycles. The fraction of sp³-hybridized carbons (Fsp3) is 0.364. The van der Waals surface area contributed by atoms with E-state index < -0.39 is 0 Å². The van der Waals surface area contributed by atoms with E-state index >= 15 is 0 Å². The number of Topliss-reactive ketones (excluding diaryl/α,β-unsaturated/α-hetero) is 1. The average molecular weight is 273 g/mol. The molecule has 0 aliphatic rings. The molecule has 0 radical (unpaired) electrons. The molecule has 1 rings (SSSR count). The van der Waals surface area contributed by atoms with Gasteiger partial charge in [-0.25, -0.2) is 0 Å². The second-order valence-corrected chi connectivity index (χ2v) is 4.95. The molecule has 0 N–H and O–H groups in total. The Morgan fingerprint density at radius 3 is 2.43 bits per heavy atom. The van der Waals surface area contributed by atoms with Crippen molar-refractivity contribution in [3.63, 3.8) is 0 Å². The first-order chi connectivity index (χ1) is 6.69. The first-order valence-corrected chi connectivity index (χ1v) is 6.65. The molecule has 0 amide bonds. The molecule has 1 aromatic rings. The maximum atomic E-state index is 11.7. The SMILES string of the molecule is CCC(Br)C(=O)c1ccc(SC)cc1. The molecule has 1 nitrogen and oxygen atoms in total. The first-order valence-electron chi connectivity index (χ1n) is 4.51. The predicted molar refractivity (Wildman–Crippen MR) is 65.6 cm³/mol. The summed E-state index contributed by atoms with van der Waals surface area (Å²) in [6.45, 7) is 1.99. The van der Waals surface area contributed by atoms with Crippen LogP contribution in [0.4, 0.5) is 0 Å². The minimum atomic E-state index is -0.0531. The van der Waals surface area contributed by atoms with Crippen LogP contribution in [0.2, 0.25) is 0 Å². The fourth-order valence-corrected chi connectivity index (χ4v) is 1.79. The van der Waals surface area contributed by atoms with Crippen LogP contribution >= 0.6 is 27.7 Å². The second kappa shape index (κ2) is 5.56. The van der Waals surface area contributed by atoms with E-state index in [0.29, 0.717) is 0 Å². The summed E-state index contributed by atoms with van der Waals surface area (Å²) in [6.07, 6.45) is 2.85. The third-order valence-electron chi connectivity index (χ3n) is 2.02. The first kappa shape index (κ1) is 11.8. The molecule has 0 aliphatic heterocycles. The van der Waals surface area contributed by atoms with E-state index in [-0.39, 0.29) is 10.6 Å². The highest BCUT2D eigenvalue weighted by atomic mass is 79.9. The highest BCUT2D eigenvalue weighted by Crippen LogP contribution is 2.18. The number of carbonyl (C=O) groups excluding carboxylic acids is 1. The van der Waals surface area contributed by atoms with Crippen molar-refractivity contribution in [2.45, 2.75) is 23.1 Å². The fourth-order valence-electron chi connectivity index (χ4n) is 1.12. The Morgan fingerprint density at radius 2 is 2.00 bits per heavy atom. The minimum Gasteiger partial charge on any atom is -0.293 e. The highest BCUT2D eigenvalue weighted by Gasteiger charge is 2.14. The Hall–Kier alpha value is -0.280. The van der Waals surface area contributed by atoms with Gasteiger partial charge in [-0.3, -0.25) is 4.79 Å². The third kappa shape index (κ3) is 2.85. The van der Waals surface area contributed by atoms with E-state index in [1.165, 1.54) is 4.90 Å². The quantitative estimate of drug-likeness (QED) is 0.472. The van der Waals surface area contributed by atoms with Crippen molar-refractivity contribution in [2.24, 2.45) is 0 Å². The molecule has 0 bridgehead atoms. The Bertz CT molecular complexity index is 308. The van der Waals surface area contributed by atoms with Gasteiger partial charge in [0.1, 0.15) is 0 Å². The van der Waals surface area contributed by atoms with Crippen LogP contribution in [0, 0.1) is 0 Å². The van der Waals surface area contributed by atoms with E-state index in [1.807, 2.05) is 37.4 Å². The molecule has 0 saturated carbocycles. The van der Waals surface area contributed by atoms with Crippen LogP contribution in [-0.2, 0) is 0 Å². The summed E-state index contributed by atoms with van der Waals surface area (Å²) in [4.78, 5) is 12.9. The number of thioether (sulfide) groups is 1. The van der Waals surface area contributed by atoms with E-state index in [1.54, 1.807) is 11.8 Å². The Balaban J connectivity index is 2.81. The van der Waals surface area contributed by atoms with Crippen molar-refractivity contribution in [2.75, 3.05) is 6.26 Å². The molecule has 14 heavy (non-hydrogen) atoms. The Labute approximate surface area is 97.4 Å². The molecule has 0 spiro atoms. The van der Waals surface area contributed by atoms with Crippen molar-refractivity contribution >= 4 is 33.5 Å². The topological polar surface area (TPSA) is 17.1 Å². The van der Waals surface area contributed by atoms with Crippen LogP contribution in [0.5, 0.6) is 0 Å². The number of ketones is 1. The largest absolute Gasteiger partial charge is 0.293 e. The summed E-state index contributed by atoms with van der Waals surface area (Å²) >= 11 is 5.04. The third-order valence-corrected chi connectivity index (χ3v) is 3.82. The lowest BCUT2D eigenvalue weighted by molar-refractivity contribution is 0.0990. The van der Waals surface area contributed by atoms with Gasteiger partial charge in [-0.15, -0.1) is 11.8 Å². The smallest absolute Gasteiger partial charge is 0.176 e. The number of carbonyl (C=O) groups is 1. The molecule has 3 heteroatoms. The van der Waals surface area contributed by atoms with E-state index in [2.05, 4.69) is 15.9 Å². The number of alkyl halides is 1. The van der Waals surface area contributed by atoms with Crippen molar-refractivity contribution in [1.82, 2.24) is 0 Å². The van der Waals surface area contributed by atoms with Crippen LogP contribution in [0.3, 0.4) is 0 Å². The van der Waals surface area contributed by atoms with Gasteiger partial charge in [-0.1, -0.05) is 35.0 Å². The zero-order valence-electron chi connectivity index (χ0n) is 8.29. The van der Waals surface area contributed by atoms with Gasteiger partial charge >= 0.3 is 0 Å². The van der Waals surface area contributed by atoms with Gasteiger partial charge in [0, 0.05) is 10.5 Å². The summed E-state index contributed by atoms with van der Waals surface area (Å²) in [5, 5.41) is 0. The van der Waals surface area contributed by atoms with Crippen LogP contribution in [0.15, 0.2) is 29.2 Å². The molecular weight excluding hydrogens is 260 g/mol. The van der Waals surface area contributed by atoms with Crippen molar-refractivity contribution in [1.29, 1.82) is 0 Å².